The van der Waals surface area contributed by atoms with Gasteiger partial charge in [0.1, 0.15) is 6.04 Å². The second-order valence-corrected chi connectivity index (χ2v) is 2.29. The summed E-state index contributed by atoms with van der Waals surface area (Å²) in [6.45, 7) is 5.88. The molecule has 0 aromatic carbocycles. The van der Waals surface area contributed by atoms with Crippen molar-refractivity contribution in [1.29, 1.82) is 5.26 Å². The van der Waals surface area contributed by atoms with Crippen molar-refractivity contribution < 1.29 is 0 Å². The lowest BCUT2D eigenvalue weighted by Gasteiger charge is -2.06. The highest BCUT2D eigenvalue weighted by Gasteiger charge is 1.95. The normalized spacial score (nSPS) is 14.0. The molecule has 0 rings (SSSR count). The molecule has 0 aliphatic heterocycles. The second-order valence-electron chi connectivity index (χ2n) is 2.29. The zero-order valence-corrected chi connectivity index (χ0v) is 6.81. The first-order valence-electron chi connectivity index (χ1n) is 3.53. The fourth-order valence-corrected chi connectivity index (χ4v) is 0.739. The Morgan fingerprint density at radius 1 is 1.80 bits per heavy atom. The summed E-state index contributed by atoms with van der Waals surface area (Å²) in [6, 6.07) is 2.02. The van der Waals surface area contributed by atoms with Gasteiger partial charge < -0.3 is 5.32 Å². The van der Waals surface area contributed by atoms with Crippen LogP contribution in [0.2, 0.25) is 0 Å². The highest BCUT2D eigenvalue weighted by molar-refractivity contribution is 5.00. The monoisotopic (exact) mass is 138 g/mol. The van der Waals surface area contributed by atoms with Crippen LogP contribution in [0.15, 0.2) is 11.8 Å². The smallest absolute Gasteiger partial charge is 0.111 e. The van der Waals surface area contributed by atoms with Gasteiger partial charge in [0.2, 0.25) is 0 Å². The highest BCUT2D eigenvalue weighted by Crippen LogP contribution is 1.91. The minimum absolute atomic E-state index is 0.0807. The third kappa shape index (κ3) is 3.96. The highest BCUT2D eigenvalue weighted by atomic mass is 14.9. The van der Waals surface area contributed by atoms with Crippen LogP contribution in [0.4, 0.5) is 0 Å². The molecule has 0 heterocycles. The Balaban J connectivity index is 3.70. The van der Waals surface area contributed by atoms with E-state index in [4.69, 9.17) is 5.26 Å². The first-order valence-corrected chi connectivity index (χ1v) is 3.53. The van der Waals surface area contributed by atoms with E-state index in [9.17, 15) is 0 Å². The lowest BCUT2D eigenvalue weighted by Crippen LogP contribution is -2.21. The van der Waals surface area contributed by atoms with Gasteiger partial charge in [0.05, 0.1) is 6.07 Å². The molecule has 2 nitrogen and oxygen atoms in total. The van der Waals surface area contributed by atoms with Crippen LogP contribution in [-0.2, 0) is 0 Å². The van der Waals surface area contributed by atoms with Crippen LogP contribution in [0, 0.1) is 11.3 Å². The van der Waals surface area contributed by atoms with Gasteiger partial charge in [0.25, 0.3) is 0 Å². The van der Waals surface area contributed by atoms with Gasteiger partial charge in [-0.2, -0.15) is 5.26 Å². The largest absolute Gasteiger partial charge is 0.374 e. The number of rotatable bonds is 3. The van der Waals surface area contributed by atoms with Gasteiger partial charge in [-0.15, -0.1) is 0 Å². The average Bonchev–Trinajstić information content (AvgIpc) is 1.88. The zero-order chi connectivity index (χ0) is 7.98. The molecule has 0 aromatic heterocycles. The van der Waals surface area contributed by atoms with Crippen molar-refractivity contribution in [2.45, 2.75) is 33.2 Å². The van der Waals surface area contributed by atoms with Gasteiger partial charge in [-0.05, 0) is 20.3 Å². The first kappa shape index (κ1) is 9.03. The fraction of sp³-hybridized carbons (Fsp3) is 0.625. The van der Waals surface area contributed by atoms with E-state index in [0.717, 1.165) is 12.1 Å². The quantitative estimate of drug-likeness (QED) is 0.645. The number of nitrogens with one attached hydrogen (secondary N) is 1. The molecular formula is C8H14N2. The van der Waals surface area contributed by atoms with Gasteiger partial charge in [-0.25, -0.2) is 0 Å². The summed E-state index contributed by atoms with van der Waals surface area (Å²) in [5.74, 6) is 0. The van der Waals surface area contributed by atoms with Crippen molar-refractivity contribution in [3.8, 4) is 6.07 Å². The molecule has 1 atom stereocenters. The molecule has 0 bridgehead atoms. The molecule has 2 heteroatoms. The second kappa shape index (κ2) is 4.87. The summed E-state index contributed by atoms with van der Waals surface area (Å²) in [4.78, 5) is 0. The van der Waals surface area contributed by atoms with Crippen molar-refractivity contribution in [1.82, 2.24) is 5.32 Å². The Morgan fingerprint density at radius 2 is 2.40 bits per heavy atom. The molecule has 0 saturated heterocycles. The van der Waals surface area contributed by atoms with E-state index in [1.165, 1.54) is 0 Å². The van der Waals surface area contributed by atoms with E-state index >= 15 is 0 Å². The molecule has 0 fully saturated rings. The molecule has 0 amide bonds. The van der Waals surface area contributed by atoms with E-state index in [0.29, 0.717) is 0 Å². The molecule has 10 heavy (non-hydrogen) atoms. The van der Waals surface area contributed by atoms with Crippen molar-refractivity contribution in [2.24, 2.45) is 0 Å². The van der Waals surface area contributed by atoms with Gasteiger partial charge in [0, 0.05) is 5.70 Å². The van der Waals surface area contributed by atoms with E-state index < -0.39 is 0 Å². The zero-order valence-electron chi connectivity index (χ0n) is 6.81. The van der Waals surface area contributed by atoms with Crippen molar-refractivity contribution in [2.75, 3.05) is 0 Å². The molecule has 0 aromatic rings. The van der Waals surface area contributed by atoms with Gasteiger partial charge in [0.15, 0.2) is 0 Å². The van der Waals surface area contributed by atoms with E-state index in [1.54, 1.807) is 0 Å². The molecule has 0 saturated carbocycles. The van der Waals surface area contributed by atoms with Crippen molar-refractivity contribution in [3.05, 3.63) is 11.8 Å². The number of hydrogen-bond donors (Lipinski definition) is 1. The van der Waals surface area contributed by atoms with E-state index in [1.807, 2.05) is 13.8 Å². The summed E-state index contributed by atoms with van der Waals surface area (Å²) in [5.41, 5.74) is 1.08. The number of nitriles is 1. The average molecular weight is 138 g/mol. The van der Waals surface area contributed by atoms with Crippen molar-refractivity contribution in [3.63, 3.8) is 0 Å². The third-order valence-electron chi connectivity index (χ3n) is 1.15. The summed E-state index contributed by atoms with van der Waals surface area (Å²) < 4.78 is 0. The number of hydrogen-bond acceptors (Lipinski definition) is 2. The molecule has 0 aliphatic rings. The summed E-state index contributed by atoms with van der Waals surface area (Å²) in [5, 5.41) is 11.4. The molecular weight excluding hydrogens is 124 g/mol. The van der Waals surface area contributed by atoms with Crippen LogP contribution < -0.4 is 5.32 Å². The molecule has 1 unspecified atom stereocenters. The van der Waals surface area contributed by atoms with Gasteiger partial charge in [-0.1, -0.05) is 13.0 Å². The third-order valence-corrected chi connectivity index (χ3v) is 1.15. The summed E-state index contributed by atoms with van der Waals surface area (Å²) >= 11 is 0. The van der Waals surface area contributed by atoms with Gasteiger partial charge in [-0.3, -0.25) is 0 Å². The Morgan fingerprint density at radius 3 is 2.80 bits per heavy atom. The summed E-state index contributed by atoms with van der Waals surface area (Å²) in [7, 11) is 0. The lowest BCUT2D eigenvalue weighted by molar-refractivity contribution is 0.735. The predicted molar refractivity (Wildman–Crippen MR) is 42.3 cm³/mol. The van der Waals surface area contributed by atoms with E-state index in [2.05, 4.69) is 24.4 Å². The molecule has 0 aliphatic carbocycles. The van der Waals surface area contributed by atoms with Crippen LogP contribution in [0.1, 0.15) is 27.2 Å². The van der Waals surface area contributed by atoms with Crippen LogP contribution in [-0.4, -0.2) is 6.04 Å². The predicted octanol–water partition coefficient (Wildman–Crippen LogP) is 1.80. The maximum Gasteiger partial charge on any atom is 0.111 e. The Bertz CT molecular complexity index is 153. The van der Waals surface area contributed by atoms with Crippen molar-refractivity contribution >= 4 is 0 Å². The van der Waals surface area contributed by atoms with Crippen LogP contribution in [0.3, 0.4) is 0 Å². The molecule has 1 N–H and O–H groups in total. The SMILES string of the molecule is CC/C=C(\C)NC(C)C#N. The maximum atomic E-state index is 8.41. The Hall–Kier alpha value is -0.970. The molecule has 0 radical (unpaired) electrons. The van der Waals surface area contributed by atoms with Crippen LogP contribution in [0.5, 0.6) is 0 Å². The molecule has 0 spiro atoms. The van der Waals surface area contributed by atoms with E-state index in [-0.39, 0.29) is 6.04 Å². The van der Waals surface area contributed by atoms with Gasteiger partial charge >= 0.3 is 0 Å². The standard InChI is InChI=1S/C8H14N2/c1-4-5-7(2)10-8(3)6-9/h5,8,10H,4H2,1-3H3/b7-5+. The van der Waals surface area contributed by atoms with Crippen LogP contribution in [0.25, 0.3) is 0 Å². The summed E-state index contributed by atoms with van der Waals surface area (Å²) in [6.07, 6.45) is 3.07. The maximum absolute atomic E-state index is 8.41. The minimum atomic E-state index is -0.0807. The Labute approximate surface area is 62.5 Å². The fourth-order valence-electron chi connectivity index (χ4n) is 0.739. The first-order chi connectivity index (χ1) is 4.70. The molecule has 56 valence electrons. The van der Waals surface area contributed by atoms with Crippen LogP contribution >= 0.6 is 0 Å². The lowest BCUT2D eigenvalue weighted by atomic mass is 10.3. The number of allylic oxidation sites excluding steroid dienone is 2. The Kier molecular flexibility index (Phi) is 4.39. The minimum Gasteiger partial charge on any atom is -0.374 e. The number of nitrogens with zero attached hydrogens (tertiary/aromatic N) is 1. The topological polar surface area (TPSA) is 35.8 Å².